The van der Waals surface area contributed by atoms with Crippen LogP contribution in [-0.4, -0.2) is 37.0 Å². The molecule has 1 rings (SSSR count). The lowest BCUT2D eigenvalue weighted by Crippen LogP contribution is -2.48. The van der Waals surface area contributed by atoms with Gasteiger partial charge in [0.1, 0.15) is 12.1 Å². The summed E-state index contributed by atoms with van der Waals surface area (Å²) in [5, 5.41) is 6.27. The number of cyclic esters (lactones) is 1. The number of amides is 2. The van der Waals surface area contributed by atoms with Gasteiger partial charge >= 0.3 is 5.97 Å². The van der Waals surface area contributed by atoms with Crippen LogP contribution in [0, 0.1) is 5.92 Å². The molecule has 7 nitrogen and oxygen atoms in total. The molecule has 0 radical (unpaired) electrons. The van der Waals surface area contributed by atoms with Crippen molar-refractivity contribution in [3.63, 3.8) is 0 Å². The van der Waals surface area contributed by atoms with Crippen LogP contribution < -0.4 is 10.6 Å². The number of rotatable bonds is 14. The van der Waals surface area contributed by atoms with Gasteiger partial charge in [0.25, 0.3) is 0 Å². The zero-order chi connectivity index (χ0) is 26.9. The molecule has 0 fully saturated rings. The minimum Gasteiger partial charge on any atom is -0.490 e. The fourth-order valence-electron chi connectivity index (χ4n) is 3.21. The Morgan fingerprint density at radius 1 is 1.19 bits per heavy atom. The molecule has 36 heavy (non-hydrogen) atoms. The lowest BCUT2D eigenvalue weighted by Gasteiger charge is -2.20. The first-order valence-electron chi connectivity index (χ1n) is 12.2. The Kier molecular flexibility index (Phi) is 15.0. The number of carbonyl (C=O) groups is 3. The average molecular weight is 519 g/mol. The maximum Gasteiger partial charge on any atom is 0.373 e. The van der Waals surface area contributed by atoms with E-state index in [2.05, 4.69) is 10.6 Å². The summed E-state index contributed by atoms with van der Waals surface area (Å²) in [4.78, 5) is 36.5. The number of hydrogen-bond donors (Lipinski definition) is 2. The van der Waals surface area contributed by atoms with Crippen LogP contribution in [0.15, 0.2) is 71.2 Å². The second-order valence-electron chi connectivity index (χ2n) is 8.80. The predicted octanol–water partition coefficient (Wildman–Crippen LogP) is 5.36. The summed E-state index contributed by atoms with van der Waals surface area (Å²) in [6.45, 7) is 7.52. The SMILES string of the molecule is COC1=CCC(C/C=C(C)/C=C\C=C/C(=O)NC(C(=O)N/C=C\CCC/C=C(\C)Cl)C(C)C)OC1=O. The summed E-state index contributed by atoms with van der Waals surface area (Å²) in [7, 11) is 1.44. The summed E-state index contributed by atoms with van der Waals surface area (Å²) in [6.07, 6.45) is 19.4. The van der Waals surface area contributed by atoms with Crippen molar-refractivity contribution in [2.24, 2.45) is 5.92 Å². The van der Waals surface area contributed by atoms with E-state index in [-0.39, 0.29) is 29.6 Å². The highest BCUT2D eigenvalue weighted by Gasteiger charge is 2.23. The fourth-order valence-corrected chi connectivity index (χ4v) is 3.32. The van der Waals surface area contributed by atoms with Gasteiger partial charge in [0, 0.05) is 23.9 Å². The molecule has 8 heteroatoms. The fraction of sp³-hybridized carbons (Fsp3) is 0.464. The summed E-state index contributed by atoms with van der Waals surface area (Å²) in [5.41, 5.74) is 0.970. The minimum atomic E-state index is -0.648. The van der Waals surface area contributed by atoms with Crippen molar-refractivity contribution in [1.29, 1.82) is 0 Å². The van der Waals surface area contributed by atoms with Crippen LogP contribution >= 0.6 is 11.6 Å². The van der Waals surface area contributed by atoms with Crippen molar-refractivity contribution in [1.82, 2.24) is 10.6 Å². The molecule has 2 N–H and O–H groups in total. The normalized spacial score (nSPS) is 18.0. The van der Waals surface area contributed by atoms with E-state index >= 15 is 0 Å². The van der Waals surface area contributed by atoms with Crippen LogP contribution in [0.2, 0.25) is 0 Å². The summed E-state index contributed by atoms with van der Waals surface area (Å²) in [6, 6.07) is -0.648. The largest absolute Gasteiger partial charge is 0.490 e. The molecule has 198 valence electrons. The quantitative estimate of drug-likeness (QED) is 0.140. The van der Waals surface area contributed by atoms with E-state index in [1.807, 2.05) is 52.0 Å². The Balaban J connectivity index is 2.46. The molecule has 0 saturated carbocycles. The van der Waals surface area contributed by atoms with Gasteiger partial charge in [0.05, 0.1) is 7.11 Å². The zero-order valence-electron chi connectivity index (χ0n) is 21.9. The van der Waals surface area contributed by atoms with E-state index in [4.69, 9.17) is 21.1 Å². The molecule has 0 bridgehead atoms. The first kappa shape index (κ1) is 31.0. The standard InChI is InChI=1S/C28H39ClN2O5/c1-20(2)26(27(33)30-19-11-7-6-8-13-22(4)29)31-25(32)14-10-9-12-21(3)15-16-23-17-18-24(35-5)28(34)36-23/h9-15,18-20,23,26H,6-8,16-17H2,1-5H3,(H,30,33)(H,31,32)/b12-9-,14-10-,19-11-,21-15+,22-13+. The predicted molar refractivity (Wildman–Crippen MR) is 144 cm³/mol. The van der Waals surface area contributed by atoms with Gasteiger partial charge in [-0.15, -0.1) is 0 Å². The van der Waals surface area contributed by atoms with Crippen LogP contribution in [-0.2, 0) is 23.9 Å². The van der Waals surface area contributed by atoms with Crippen LogP contribution in [0.4, 0.5) is 0 Å². The number of ether oxygens (including phenoxy) is 2. The summed E-state index contributed by atoms with van der Waals surface area (Å²) >= 11 is 5.79. The Morgan fingerprint density at radius 3 is 2.56 bits per heavy atom. The minimum absolute atomic E-state index is 0.0722. The molecule has 0 aromatic carbocycles. The molecular formula is C28H39ClN2O5. The lowest BCUT2D eigenvalue weighted by atomic mass is 10.0. The molecule has 2 atom stereocenters. The maximum absolute atomic E-state index is 12.5. The van der Waals surface area contributed by atoms with Gasteiger partial charge in [-0.1, -0.05) is 67.5 Å². The molecule has 2 amide bonds. The van der Waals surface area contributed by atoms with E-state index in [0.29, 0.717) is 12.8 Å². The molecule has 0 aromatic rings. The van der Waals surface area contributed by atoms with E-state index in [1.165, 1.54) is 13.2 Å². The highest BCUT2D eigenvalue weighted by molar-refractivity contribution is 6.29. The third-order valence-corrected chi connectivity index (χ3v) is 5.43. The highest BCUT2D eigenvalue weighted by atomic mass is 35.5. The number of carbonyl (C=O) groups excluding carboxylic acids is 3. The van der Waals surface area contributed by atoms with Crippen molar-refractivity contribution >= 4 is 29.4 Å². The molecule has 1 aliphatic rings. The van der Waals surface area contributed by atoms with Crippen LogP contribution in [0.1, 0.15) is 59.8 Å². The Morgan fingerprint density at radius 2 is 1.92 bits per heavy atom. The number of hydrogen-bond acceptors (Lipinski definition) is 5. The average Bonchev–Trinajstić information content (AvgIpc) is 2.82. The molecule has 2 unspecified atom stereocenters. The number of halogens is 1. The molecule has 0 aromatic heterocycles. The topological polar surface area (TPSA) is 93.7 Å². The third kappa shape index (κ3) is 13.1. The van der Waals surface area contributed by atoms with Gasteiger partial charge in [-0.25, -0.2) is 4.79 Å². The Labute approximate surface area is 220 Å². The van der Waals surface area contributed by atoms with Crippen molar-refractivity contribution in [2.45, 2.75) is 71.9 Å². The lowest BCUT2D eigenvalue weighted by molar-refractivity contribution is -0.149. The molecule has 0 saturated heterocycles. The number of methoxy groups -OCH3 is 1. The summed E-state index contributed by atoms with van der Waals surface area (Å²) < 4.78 is 10.3. The monoisotopic (exact) mass is 518 g/mol. The van der Waals surface area contributed by atoms with Crippen molar-refractivity contribution < 1.29 is 23.9 Å². The first-order valence-corrected chi connectivity index (χ1v) is 12.6. The second kappa shape index (κ2) is 17.4. The van der Waals surface area contributed by atoms with Crippen LogP contribution in [0.5, 0.6) is 0 Å². The van der Waals surface area contributed by atoms with Gasteiger partial charge < -0.3 is 20.1 Å². The van der Waals surface area contributed by atoms with E-state index < -0.39 is 12.0 Å². The Bertz CT molecular complexity index is 924. The van der Waals surface area contributed by atoms with Gasteiger partial charge in [0.2, 0.25) is 11.8 Å². The van der Waals surface area contributed by atoms with Gasteiger partial charge in [-0.3, -0.25) is 9.59 Å². The van der Waals surface area contributed by atoms with Gasteiger partial charge in [-0.05, 0) is 51.3 Å². The molecule has 0 spiro atoms. The smallest absolute Gasteiger partial charge is 0.373 e. The molecule has 0 aliphatic carbocycles. The maximum atomic E-state index is 12.5. The van der Waals surface area contributed by atoms with Crippen LogP contribution in [0.25, 0.3) is 0 Å². The van der Waals surface area contributed by atoms with E-state index in [1.54, 1.807) is 24.4 Å². The van der Waals surface area contributed by atoms with Crippen molar-refractivity contribution in [3.8, 4) is 0 Å². The van der Waals surface area contributed by atoms with Crippen LogP contribution in [0.3, 0.4) is 0 Å². The van der Waals surface area contributed by atoms with Gasteiger partial charge in [-0.2, -0.15) is 0 Å². The van der Waals surface area contributed by atoms with Crippen molar-refractivity contribution in [2.75, 3.05) is 7.11 Å². The number of unbranched alkanes of at least 4 members (excludes halogenated alkanes) is 2. The van der Waals surface area contributed by atoms with Gasteiger partial charge in [0.15, 0.2) is 5.76 Å². The molecule has 1 heterocycles. The van der Waals surface area contributed by atoms with Crippen molar-refractivity contribution in [3.05, 3.63) is 71.2 Å². The summed E-state index contributed by atoms with van der Waals surface area (Å²) in [5.74, 6) is -0.885. The highest BCUT2D eigenvalue weighted by Crippen LogP contribution is 2.18. The number of esters is 1. The number of nitrogens with one attached hydrogen (secondary N) is 2. The molecule has 1 aliphatic heterocycles. The third-order valence-electron chi connectivity index (χ3n) is 5.27. The Hall–Kier alpha value is -3.06. The number of allylic oxidation sites excluding steroid dienone is 7. The molecular weight excluding hydrogens is 480 g/mol. The first-order chi connectivity index (χ1) is 17.1. The van der Waals surface area contributed by atoms with E-state index in [9.17, 15) is 14.4 Å². The van der Waals surface area contributed by atoms with E-state index in [0.717, 1.165) is 29.9 Å². The second-order valence-corrected chi connectivity index (χ2v) is 9.40. The zero-order valence-corrected chi connectivity index (χ0v) is 22.6.